The predicted molar refractivity (Wildman–Crippen MR) is 47.2 cm³/mol. The average molecular weight is 155 g/mol. The lowest BCUT2D eigenvalue weighted by Gasteiger charge is -1.97. The molecule has 5 nitrogen and oxygen atoms in total. The van der Waals surface area contributed by atoms with Crippen molar-refractivity contribution >= 4 is 17.6 Å². The first-order valence-electron chi connectivity index (χ1n) is 3.45. The molecule has 0 fully saturated rings. The van der Waals surface area contributed by atoms with E-state index in [0.717, 1.165) is 17.6 Å². The van der Waals surface area contributed by atoms with Crippen molar-refractivity contribution in [3.8, 4) is 0 Å². The van der Waals surface area contributed by atoms with E-state index < -0.39 is 0 Å². The van der Waals surface area contributed by atoms with Crippen molar-refractivity contribution < 1.29 is 0 Å². The summed E-state index contributed by atoms with van der Waals surface area (Å²) in [6, 6.07) is 0. The van der Waals surface area contributed by atoms with Crippen molar-refractivity contribution in [3.63, 3.8) is 0 Å². The van der Waals surface area contributed by atoms with Crippen LogP contribution in [0.4, 0.5) is 17.6 Å². The third kappa shape index (κ3) is 1.36. The Balaban J connectivity index is 2.92. The second kappa shape index (κ2) is 3.14. The van der Waals surface area contributed by atoms with Crippen LogP contribution >= 0.6 is 0 Å². The number of imidazole rings is 1. The number of anilines is 3. The van der Waals surface area contributed by atoms with Crippen LogP contribution in [0, 0.1) is 0 Å². The maximum absolute atomic E-state index is 4.18. The van der Waals surface area contributed by atoms with E-state index in [-0.39, 0.29) is 0 Å². The SMILES string of the molecule is CNc1nc(NC)c(NC)[nH]1. The van der Waals surface area contributed by atoms with Gasteiger partial charge in [-0.25, -0.2) is 0 Å². The fourth-order valence-corrected chi connectivity index (χ4v) is 0.853. The van der Waals surface area contributed by atoms with Gasteiger partial charge < -0.3 is 20.9 Å². The Kier molecular flexibility index (Phi) is 2.20. The van der Waals surface area contributed by atoms with Gasteiger partial charge in [-0.15, -0.1) is 0 Å². The first-order valence-corrected chi connectivity index (χ1v) is 3.45. The van der Waals surface area contributed by atoms with Gasteiger partial charge in [-0.05, 0) is 0 Å². The fourth-order valence-electron chi connectivity index (χ4n) is 0.853. The molecule has 4 N–H and O–H groups in total. The highest BCUT2D eigenvalue weighted by Gasteiger charge is 2.04. The van der Waals surface area contributed by atoms with Crippen LogP contribution in [0.3, 0.4) is 0 Å². The van der Waals surface area contributed by atoms with E-state index in [2.05, 4.69) is 25.9 Å². The van der Waals surface area contributed by atoms with Gasteiger partial charge in [0.15, 0.2) is 5.82 Å². The molecule has 62 valence electrons. The number of rotatable bonds is 3. The summed E-state index contributed by atoms with van der Waals surface area (Å²) in [4.78, 5) is 7.21. The van der Waals surface area contributed by atoms with Gasteiger partial charge in [-0.3, -0.25) is 0 Å². The molecule has 1 rings (SSSR count). The van der Waals surface area contributed by atoms with Gasteiger partial charge in [0, 0.05) is 21.1 Å². The van der Waals surface area contributed by atoms with Crippen LogP contribution < -0.4 is 16.0 Å². The predicted octanol–water partition coefficient (Wildman–Crippen LogP) is 0.535. The molecule has 0 atom stereocenters. The third-order valence-electron chi connectivity index (χ3n) is 1.43. The van der Waals surface area contributed by atoms with Crippen LogP contribution in [0.25, 0.3) is 0 Å². The molecule has 5 heteroatoms. The second-order valence-electron chi connectivity index (χ2n) is 2.06. The van der Waals surface area contributed by atoms with E-state index in [0.29, 0.717) is 0 Å². The molecule has 0 aliphatic heterocycles. The lowest BCUT2D eigenvalue weighted by molar-refractivity contribution is 1.25. The number of hydrogen-bond donors (Lipinski definition) is 4. The normalized spacial score (nSPS) is 9.36. The van der Waals surface area contributed by atoms with Crippen LogP contribution in [0.5, 0.6) is 0 Å². The largest absolute Gasteiger partial charge is 0.372 e. The monoisotopic (exact) mass is 155 g/mol. The number of hydrogen-bond acceptors (Lipinski definition) is 4. The summed E-state index contributed by atoms with van der Waals surface area (Å²) < 4.78 is 0. The minimum Gasteiger partial charge on any atom is -0.372 e. The van der Waals surface area contributed by atoms with Crippen LogP contribution in [0.2, 0.25) is 0 Å². The lowest BCUT2D eigenvalue weighted by Crippen LogP contribution is -1.94. The number of aromatic nitrogens is 2. The summed E-state index contributed by atoms with van der Waals surface area (Å²) in [7, 11) is 5.49. The van der Waals surface area contributed by atoms with Crippen molar-refractivity contribution in [1.82, 2.24) is 9.97 Å². The molecule has 0 unspecified atom stereocenters. The number of aromatic amines is 1. The van der Waals surface area contributed by atoms with Gasteiger partial charge in [0.25, 0.3) is 0 Å². The molecule has 1 heterocycles. The van der Waals surface area contributed by atoms with Crippen LogP contribution in [-0.4, -0.2) is 31.1 Å². The van der Waals surface area contributed by atoms with Gasteiger partial charge in [-0.1, -0.05) is 0 Å². The fraction of sp³-hybridized carbons (Fsp3) is 0.500. The van der Waals surface area contributed by atoms with Crippen molar-refractivity contribution in [3.05, 3.63) is 0 Å². The maximum Gasteiger partial charge on any atom is 0.203 e. The zero-order valence-electron chi connectivity index (χ0n) is 6.95. The number of H-pyrrole nitrogens is 1. The molecule has 0 saturated carbocycles. The Labute approximate surface area is 65.6 Å². The average Bonchev–Trinajstić information content (AvgIpc) is 2.46. The van der Waals surface area contributed by atoms with Crippen LogP contribution in [0.15, 0.2) is 0 Å². The highest BCUT2D eigenvalue weighted by molar-refractivity contribution is 5.63. The lowest BCUT2D eigenvalue weighted by atomic mass is 10.6. The molecule has 0 bridgehead atoms. The molecule has 0 aromatic carbocycles. The molecule has 1 aromatic heterocycles. The minimum absolute atomic E-state index is 0.749. The van der Waals surface area contributed by atoms with E-state index in [1.807, 2.05) is 21.1 Å². The summed E-state index contributed by atoms with van der Waals surface area (Å²) in [5.41, 5.74) is 0. The summed E-state index contributed by atoms with van der Waals surface area (Å²) in [6.07, 6.45) is 0. The Morgan fingerprint density at radius 2 is 1.82 bits per heavy atom. The quantitative estimate of drug-likeness (QED) is 0.514. The molecule has 0 radical (unpaired) electrons. The van der Waals surface area contributed by atoms with Crippen molar-refractivity contribution in [2.45, 2.75) is 0 Å². The van der Waals surface area contributed by atoms with Gasteiger partial charge >= 0.3 is 0 Å². The van der Waals surface area contributed by atoms with E-state index in [4.69, 9.17) is 0 Å². The summed E-state index contributed by atoms with van der Waals surface area (Å²) in [5.74, 6) is 2.45. The molecule has 0 aliphatic carbocycles. The zero-order valence-corrected chi connectivity index (χ0v) is 6.95. The highest BCUT2D eigenvalue weighted by Crippen LogP contribution is 2.18. The molecule has 0 amide bonds. The molecule has 0 saturated heterocycles. The summed E-state index contributed by atoms with van der Waals surface area (Å²) >= 11 is 0. The van der Waals surface area contributed by atoms with Crippen LogP contribution in [0.1, 0.15) is 0 Å². The maximum atomic E-state index is 4.18. The van der Waals surface area contributed by atoms with Crippen molar-refractivity contribution in [2.75, 3.05) is 37.1 Å². The summed E-state index contributed by atoms with van der Waals surface area (Å²) in [5, 5.41) is 8.85. The van der Waals surface area contributed by atoms with E-state index in [9.17, 15) is 0 Å². The number of nitrogens with one attached hydrogen (secondary N) is 4. The molecule has 0 aliphatic rings. The van der Waals surface area contributed by atoms with E-state index in [1.54, 1.807) is 0 Å². The number of nitrogens with zero attached hydrogens (tertiary/aromatic N) is 1. The van der Waals surface area contributed by atoms with E-state index >= 15 is 0 Å². The van der Waals surface area contributed by atoms with Gasteiger partial charge in [0.2, 0.25) is 5.95 Å². The molecule has 11 heavy (non-hydrogen) atoms. The van der Waals surface area contributed by atoms with E-state index in [1.165, 1.54) is 0 Å². The van der Waals surface area contributed by atoms with Crippen molar-refractivity contribution in [1.29, 1.82) is 0 Å². The van der Waals surface area contributed by atoms with Crippen molar-refractivity contribution in [2.24, 2.45) is 0 Å². The Hall–Kier alpha value is -1.39. The highest BCUT2D eigenvalue weighted by atomic mass is 15.2. The second-order valence-corrected chi connectivity index (χ2v) is 2.06. The zero-order chi connectivity index (χ0) is 8.27. The minimum atomic E-state index is 0.749. The molecule has 1 aromatic rings. The first kappa shape index (κ1) is 7.71. The topological polar surface area (TPSA) is 64.8 Å². The van der Waals surface area contributed by atoms with Crippen LogP contribution in [-0.2, 0) is 0 Å². The molecular formula is C6H13N5. The van der Waals surface area contributed by atoms with Gasteiger partial charge in [-0.2, -0.15) is 4.98 Å². The third-order valence-corrected chi connectivity index (χ3v) is 1.43. The van der Waals surface area contributed by atoms with Gasteiger partial charge in [0.1, 0.15) is 5.82 Å². The molecule has 0 spiro atoms. The summed E-state index contributed by atoms with van der Waals surface area (Å²) in [6.45, 7) is 0. The van der Waals surface area contributed by atoms with Gasteiger partial charge in [0.05, 0.1) is 0 Å². The molecular weight excluding hydrogens is 142 g/mol. The smallest absolute Gasteiger partial charge is 0.203 e. The Bertz CT molecular complexity index is 207. The standard InChI is InChI=1S/C6H13N5/c1-7-4-5(8-2)11-6(9-3)10-4/h7-8H,1-3H3,(H2,9,10,11). The Morgan fingerprint density at radius 1 is 1.09 bits per heavy atom. The Morgan fingerprint density at radius 3 is 2.18 bits per heavy atom. The first-order chi connectivity index (χ1) is 5.31.